The fraction of sp³-hybridized carbons (Fsp3) is 0.208. The molecule has 0 spiro atoms. The lowest BCUT2D eigenvalue weighted by molar-refractivity contribution is -0.139. The molecule has 0 saturated heterocycles. The van der Waals surface area contributed by atoms with Crippen LogP contribution in [-0.4, -0.2) is 24.3 Å². The van der Waals surface area contributed by atoms with Gasteiger partial charge in [-0.3, -0.25) is 9.36 Å². The topological polar surface area (TPSA) is 69.9 Å². The SMILES string of the molecule is CCOC(=O)C1=C(C)N=c2sc(=Cc3ccccc3Cl)c(=O)n2C1c1ccccc1OC. The Morgan fingerprint density at radius 3 is 2.66 bits per heavy atom. The highest BCUT2D eigenvalue weighted by molar-refractivity contribution is 7.07. The average Bonchev–Trinajstić information content (AvgIpc) is 3.09. The fourth-order valence-electron chi connectivity index (χ4n) is 3.71. The Morgan fingerprint density at radius 2 is 1.94 bits per heavy atom. The molecule has 0 radical (unpaired) electrons. The number of halogens is 1. The number of fused-ring (bicyclic) bond motifs is 1. The molecule has 0 fully saturated rings. The summed E-state index contributed by atoms with van der Waals surface area (Å²) in [5, 5.41) is 0.544. The molecule has 0 bridgehead atoms. The Hall–Kier alpha value is -3.16. The predicted octanol–water partition coefficient (Wildman–Crippen LogP) is 3.46. The summed E-state index contributed by atoms with van der Waals surface area (Å²) in [6.45, 7) is 3.70. The van der Waals surface area contributed by atoms with Crippen LogP contribution in [0.1, 0.15) is 31.0 Å². The number of aromatic nitrogens is 1. The third kappa shape index (κ3) is 3.89. The van der Waals surface area contributed by atoms with Crippen LogP contribution >= 0.6 is 22.9 Å². The molecule has 0 aliphatic carbocycles. The van der Waals surface area contributed by atoms with Crippen LogP contribution in [-0.2, 0) is 9.53 Å². The van der Waals surface area contributed by atoms with Crippen LogP contribution in [0.2, 0.25) is 5.02 Å². The van der Waals surface area contributed by atoms with Crippen molar-refractivity contribution in [2.45, 2.75) is 19.9 Å². The molecule has 1 unspecified atom stereocenters. The number of carbonyl (C=O) groups is 1. The Kier molecular flexibility index (Phi) is 6.30. The second-order valence-corrected chi connectivity index (χ2v) is 8.48. The van der Waals surface area contributed by atoms with Gasteiger partial charge in [0.2, 0.25) is 0 Å². The number of hydrogen-bond donors (Lipinski definition) is 0. The van der Waals surface area contributed by atoms with Crippen molar-refractivity contribution in [3.8, 4) is 5.75 Å². The van der Waals surface area contributed by atoms with E-state index < -0.39 is 12.0 Å². The number of rotatable bonds is 5. The van der Waals surface area contributed by atoms with E-state index in [1.165, 1.54) is 15.9 Å². The van der Waals surface area contributed by atoms with E-state index in [9.17, 15) is 9.59 Å². The van der Waals surface area contributed by atoms with Gasteiger partial charge in [-0.2, -0.15) is 0 Å². The zero-order valence-corrected chi connectivity index (χ0v) is 19.4. The van der Waals surface area contributed by atoms with Gasteiger partial charge >= 0.3 is 5.97 Å². The van der Waals surface area contributed by atoms with Crippen molar-refractivity contribution in [1.29, 1.82) is 0 Å². The zero-order chi connectivity index (χ0) is 22.8. The van der Waals surface area contributed by atoms with Gasteiger partial charge in [0.15, 0.2) is 4.80 Å². The summed E-state index contributed by atoms with van der Waals surface area (Å²) in [4.78, 5) is 31.6. The highest BCUT2D eigenvalue weighted by atomic mass is 35.5. The first-order valence-corrected chi connectivity index (χ1v) is 11.2. The van der Waals surface area contributed by atoms with E-state index in [0.717, 1.165) is 5.56 Å². The summed E-state index contributed by atoms with van der Waals surface area (Å²) >= 11 is 7.55. The number of nitrogens with zero attached hydrogens (tertiary/aromatic N) is 2. The largest absolute Gasteiger partial charge is 0.496 e. The Labute approximate surface area is 193 Å². The van der Waals surface area contributed by atoms with E-state index in [1.54, 1.807) is 39.2 Å². The maximum absolute atomic E-state index is 13.6. The van der Waals surface area contributed by atoms with Gasteiger partial charge in [0, 0.05) is 10.6 Å². The first kappa shape index (κ1) is 22.0. The molecule has 1 aliphatic heterocycles. The molecule has 6 nitrogen and oxygen atoms in total. The molecule has 8 heteroatoms. The van der Waals surface area contributed by atoms with E-state index in [0.29, 0.717) is 36.9 Å². The summed E-state index contributed by atoms with van der Waals surface area (Å²) in [6, 6.07) is 13.9. The highest BCUT2D eigenvalue weighted by Gasteiger charge is 2.34. The van der Waals surface area contributed by atoms with E-state index in [4.69, 9.17) is 21.1 Å². The lowest BCUT2D eigenvalue weighted by Gasteiger charge is -2.25. The highest BCUT2D eigenvalue weighted by Crippen LogP contribution is 2.35. The number of esters is 1. The summed E-state index contributed by atoms with van der Waals surface area (Å²) in [5.41, 5.74) is 1.96. The number of benzene rings is 2. The maximum atomic E-state index is 13.6. The van der Waals surface area contributed by atoms with Crippen LogP contribution in [0.15, 0.2) is 69.6 Å². The van der Waals surface area contributed by atoms with Gasteiger partial charge in [-0.15, -0.1) is 0 Å². The van der Waals surface area contributed by atoms with Crippen molar-refractivity contribution in [2.24, 2.45) is 4.99 Å². The van der Waals surface area contributed by atoms with E-state index in [1.807, 2.05) is 36.4 Å². The zero-order valence-electron chi connectivity index (χ0n) is 17.8. The molecule has 1 aromatic heterocycles. The van der Waals surface area contributed by atoms with Gasteiger partial charge in [0.05, 0.1) is 29.5 Å². The molecular formula is C24H21ClN2O4S. The number of hydrogen-bond acceptors (Lipinski definition) is 6. The van der Waals surface area contributed by atoms with Gasteiger partial charge in [-0.05, 0) is 37.6 Å². The standard InChI is InChI=1S/C24H21ClN2O4S/c1-4-31-23(29)20-14(2)26-24-27(21(20)16-10-6-8-12-18(16)30-3)22(28)19(32-24)13-15-9-5-7-11-17(15)25/h5-13,21H,4H2,1-3H3. The van der Waals surface area contributed by atoms with Gasteiger partial charge in [0.1, 0.15) is 11.8 Å². The Bertz CT molecular complexity index is 1400. The smallest absolute Gasteiger partial charge is 0.338 e. The molecule has 164 valence electrons. The lowest BCUT2D eigenvalue weighted by Crippen LogP contribution is -2.40. The second-order valence-electron chi connectivity index (χ2n) is 7.07. The van der Waals surface area contributed by atoms with Crippen LogP contribution < -0.4 is 19.6 Å². The maximum Gasteiger partial charge on any atom is 0.338 e. The summed E-state index contributed by atoms with van der Waals surface area (Å²) in [6.07, 6.45) is 1.74. The number of carbonyl (C=O) groups excluding carboxylic acids is 1. The molecule has 2 heterocycles. The van der Waals surface area contributed by atoms with E-state index in [-0.39, 0.29) is 12.2 Å². The summed E-state index contributed by atoms with van der Waals surface area (Å²) < 4.78 is 12.9. The number of methoxy groups -OCH3 is 1. The van der Waals surface area contributed by atoms with Crippen molar-refractivity contribution in [2.75, 3.05) is 13.7 Å². The van der Waals surface area contributed by atoms with E-state index in [2.05, 4.69) is 4.99 Å². The number of thiazole rings is 1. The van der Waals surface area contributed by atoms with Crippen molar-refractivity contribution in [3.63, 3.8) is 0 Å². The number of allylic oxidation sites excluding steroid dienone is 1. The van der Waals surface area contributed by atoms with Crippen LogP contribution in [0.4, 0.5) is 0 Å². The minimum Gasteiger partial charge on any atom is -0.496 e. The first-order chi connectivity index (χ1) is 15.5. The summed E-state index contributed by atoms with van der Waals surface area (Å²) in [7, 11) is 1.56. The minimum atomic E-state index is -0.727. The van der Waals surface area contributed by atoms with Crippen LogP contribution in [0, 0.1) is 0 Å². The lowest BCUT2D eigenvalue weighted by atomic mass is 9.95. The van der Waals surface area contributed by atoms with Crippen molar-refractivity contribution >= 4 is 35.0 Å². The Balaban J connectivity index is 2.01. The van der Waals surface area contributed by atoms with Crippen LogP contribution in [0.25, 0.3) is 6.08 Å². The average molecular weight is 469 g/mol. The normalized spacial score (nSPS) is 15.9. The first-order valence-electron chi connectivity index (χ1n) is 10.0. The molecular weight excluding hydrogens is 448 g/mol. The second kappa shape index (κ2) is 9.14. The predicted molar refractivity (Wildman–Crippen MR) is 125 cm³/mol. The minimum absolute atomic E-state index is 0.213. The van der Waals surface area contributed by atoms with E-state index >= 15 is 0 Å². The molecule has 4 rings (SSSR count). The van der Waals surface area contributed by atoms with Crippen molar-refractivity contribution in [1.82, 2.24) is 4.57 Å². The molecule has 2 aromatic carbocycles. The molecule has 32 heavy (non-hydrogen) atoms. The molecule has 0 N–H and O–H groups in total. The van der Waals surface area contributed by atoms with Crippen LogP contribution in [0.3, 0.4) is 0 Å². The van der Waals surface area contributed by atoms with Crippen LogP contribution in [0.5, 0.6) is 5.75 Å². The number of ether oxygens (including phenoxy) is 2. The summed E-state index contributed by atoms with van der Waals surface area (Å²) in [5.74, 6) is 0.0553. The molecule has 1 atom stereocenters. The van der Waals surface area contributed by atoms with Gasteiger partial charge in [0.25, 0.3) is 5.56 Å². The molecule has 0 saturated carbocycles. The quantitative estimate of drug-likeness (QED) is 0.538. The molecule has 3 aromatic rings. The third-order valence-electron chi connectivity index (χ3n) is 5.14. The fourth-order valence-corrected chi connectivity index (χ4v) is 4.94. The monoisotopic (exact) mass is 468 g/mol. The van der Waals surface area contributed by atoms with Crippen molar-refractivity contribution < 1.29 is 14.3 Å². The van der Waals surface area contributed by atoms with Gasteiger partial charge in [-0.1, -0.05) is 59.3 Å². The van der Waals surface area contributed by atoms with Crippen molar-refractivity contribution in [3.05, 3.63) is 95.6 Å². The van der Waals surface area contributed by atoms with Gasteiger partial charge < -0.3 is 9.47 Å². The number of para-hydroxylation sites is 1. The third-order valence-corrected chi connectivity index (χ3v) is 6.47. The molecule has 1 aliphatic rings. The van der Waals surface area contributed by atoms with Gasteiger partial charge in [-0.25, -0.2) is 9.79 Å². The Morgan fingerprint density at radius 1 is 1.22 bits per heavy atom. The molecule has 0 amide bonds.